The molecular weight excluding hydrogens is 256 g/mol. The number of hydrogen-bond donors (Lipinski definition) is 1. The highest BCUT2D eigenvalue weighted by molar-refractivity contribution is 7.10. The quantitative estimate of drug-likeness (QED) is 0.837. The van der Waals surface area contributed by atoms with Gasteiger partial charge in [-0.1, -0.05) is 0 Å². The maximum atomic E-state index is 5.44. The summed E-state index contributed by atoms with van der Waals surface area (Å²) in [6.45, 7) is 6.53. The van der Waals surface area contributed by atoms with Gasteiger partial charge in [0.1, 0.15) is 0 Å². The Bertz CT molecular complexity index is 332. The Morgan fingerprint density at radius 2 is 2.35 bits per heavy atom. The van der Waals surface area contributed by atoms with Crippen LogP contribution in [-0.4, -0.2) is 37.7 Å². The molecule has 5 heteroatoms. The third-order valence-corrected chi connectivity index (χ3v) is 4.19. The molecule has 0 saturated heterocycles. The van der Waals surface area contributed by atoms with Gasteiger partial charge in [-0.15, -0.1) is 23.7 Å². The Labute approximate surface area is 113 Å². The molecule has 0 bridgehead atoms. The zero-order chi connectivity index (χ0) is 11.4. The summed E-state index contributed by atoms with van der Waals surface area (Å²) < 4.78 is 5.44. The number of nitrogens with zero attached hydrogens (tertiary/aromatic N) is 1. The smallest absolute Gasteiger partial charge is 0.0594 e. The number of halogens is 1. The lowest BCUT2D eigenvalue weighted by molar-refractivity contribution is 0.0911. The number of fused-ring (bicyclic) bond motifs is 1. The molecular formula is C12H21ClN2OS. The largest absolute Gasteiger partial charge is 0.379 e. The number of rotatable bonds is 5. The Morgan fingerprint density at radius 1 is 1.53 bits per heavy atom. The van der Waals surface area contributed by atoms with E-state index in [0.29, 0.717) is 19.2 Å². The first-order valence-corrected chi connectivity index (χ1v) is 6.79. The minimum atomic E-state index is 0. The van der Waals surface area contributed by atoms with Crippen molar-refractivity contribution in [2.75, 3.05) is 32.8 Å². The van der Waals surface area contributed by atoms with Crippen LogP contribution in [0.25, 0.3) is 0 Å². The van der Waals surface area contributed by atoms with Gasteiger partial charge in [0.25, 0.3) is 0 Å². The SMILES string of the molecule is CC1c2ccsc2CCN1CCOCCN.Cl. The Balaban J connectivity index is 0.00000144. The van der Waals surface area contributed by atoms with Gasteiger partial charge in [0.05, 0.1) is 13.2 Å². The molecule has 2 N–H and O–H groups in total. The average molecular weight is 277 g/mol. The van der Waals surface area contributed by atoms with Crippen molar-refractivity contribution >= 4 is 23.7 Å². The second kappa shape index (κ2) is 7.34. The summed E-state index contributed by atoms with van der Waals surface area (Å²) in [6.07, 6.45) is 1.19. The van der Waals surface area contributed by atoms with E-state index >= 15 is 0 Å². The topological polar surface area (TPSA) is 38.5 Å². The predicted molar refractivity (Wildman–Crippen MR) is 75.1 cm³/mol. The first-order valence-electron chi connectivity index (χ1n) is 5.91. The van der Waals surface area contributed by atoms with Gasteiger partial charge < -0.3 is 10.5 Å². The van der Waals surface area contributed by atoms with Crippen molar-refractivity contribution < 1.29 is 4.74 Å². The van der Waals surface area contributed by atoms with E-state index in [2.05, 4.69) is 23.3 Å². The molecule has 0 aliphatic carbocycles. The van der Waals surface area contributed by atoms with Gasteiger partial charge in [0, 0.05) is 30.6 Å². The van der Waals surface area contributed by atoms with E-state index in [1.165, 1.54) is 12.0 Å². The summed E-state index contributed by atoms with van der Waals surface area (Å²) >= 11 is 1.89. The molecule has 1 aromatic heterocycles. The molecule has 2 rings (SSSR count). The van der Waals surface area contributed by atoms with Gasteiger partial charge in [0.15, 0.2) is 0 Å². The highest BCUT2D eigenvalue weighted by atomic mass is 35.5. The van der Waals surface area contributed by atoms with Crippen LogP contribution in [0.4, 0.5) is 0 Å². The second-order valence-corrected chi connectivity index (χ2v) is 5.16. The number of ether oxygens (including phenoxy) is 1. The molecule has 2 heterocycles. The van der Waals surface area contributed by atoms with E-state index in [9.17, 15) is 0 Å². The first-order chi connectivity index (χ1) is 7.83. The summed E-state index contributed by atoms with van der Waals surface area (Å²) in [5.41, 5.74) is 6.90. The van der Waals surface area contributed by atoms with Crippen molar-refractivity contribution in [1.82, 2.24) is 4.90 Å². The van der Waals surface area contributed by atoms with E-state index in [4.69, 9.17) is 10.5 Å². The van der Waals surface area contributed by atoms with Gasteiger partial charge >= 0.3 is 0 Å². The van der Waals surface area contributed by atoms with Gasteiger partial charge in [-0.25, -0.2) is 0 Å². The van der Waals surface area contributed by atoms with Crippen LogP contribution in [0.1, 0.15) is 23.4 Å². The molecule has 1 aromatic rings. The lowest BCUT2D eigenvalue weighted by atomic mass is 10.0. The molecule has 0 spiro atoms. The third kappa shape index (κ3) is 3.66. The lowest BCUT2D eigenvalue weighted by Gasteiger charge is -2.33. The molecule has 0 aromatic carbocycles. The maximum absolute atomic E-state index is 5.44. The summed E-state index contributed by atoms with van der Waals surface area (Å²) in [5.74, 6) is 0. The van der Waals surface area contributed by atoms with Crippen molar-refractivity contribution in [2.24, 2.45) is 5.73 Å². The summed E-state index contributed by atoms with van der Waals surface area (Å²) in [4.78, 5) is 4.05. The third-order valence-electron chi connectivity index (χ3n) is 3.19. The highest BCUT2D eigenvalue weighted by Gasteiger charge is 2.23. The minimum Gasteiger partial charge on any atom is -0.379 e. The second-order valence-electron chi connectivity index (χ2n) is 4.16. The fraction of sp³-hybridized carbons (Fsp3) is 0.667. The maximum Gasteiger partial charge on any atom is 0.0594 e. The van der Waals surface area contributed by atoms with E-state index in [-0.39, 0.29) is 12.4 Å². The Hall–Kier alpha value is -0.130. The molecule has 0 amide bonds. The molecule has 98 valence electrons. The van der Waals surface area contributed by atoms with Crippen molar-refractivity contribution in [3.63, 3.8) is 0 Å². The average Bonchev–Trinajstić information content (AvgIpc) is 2.76. The van der Waals surface area contributed by atoms with Crippen LogP contribution in [0.5, 0.6) is 0 Å². The van der Waals surface area contributed by atoms with Crippen molar-refractivity contribution in [1.29, 1.82) is 0 Å². The van der Waals surface area contributed by atoms with Crippen LogP contribution in [0, 0.1) is 0 Å². The van der Waals surface area contributed by atoms with Gasteiger partial charge in [0.2, 0.25) is 0 Å². The first kappa shape index (κ1) is 14.9. The van der Waals surface area contributed by atoms with Crippen LogP contribution >= 0.6 is 23.7 Å². The molecule has 3 nitrogen and oxygen atoms in total. The molecule has 0 fully saturated rings. The van der Waals surface area contributed by atoms with E-state index < -0.39 is 0 Å². The van der Waals surface area contributed by atoms with Gasteiger partial charge in [-0.3, -0.25) is 4.90 Å². The Morgan fingerprint density at radius 3 is 3.12 bits per heavy atom. The van der Waals surface area contributed by atoms with Gasteiger partial charge in [-0.2, -0.15) is 0 Å². The molecule has 0 saturated carbocycles. The molecule has 1 aliphatic rings. The van der Waals surface area contributed by atoms with Gasteiger partial charge in [-0.05, 0) is 30.4 Å². The monoisotopic (exact) mass is 276 g/mol. The Kier molecular flexibility index (Phi) is 6.44. The van der Waals surface area contributed by atoms with Crippen LogP contribution in [0.3, 0.4) is 0 Å². The van der Waals surface area contributed by atoms with E-state index in [1.54, 1.807) is 4.88 Å². The predicted octanol–water partition coefficient (Wildman–Crippen LogP) is 2.06. The summed E-state index contributed by atoms with van der Waals surface area (Å²) in [6, 6.07) is 2.80. The van der Waals surface area contributed by atoms with Crippen molar-refractivity contribution in [2.45, 2.75) is 19.4 Å². The van der Waals surface area contributed by atoms with Crippen molar-refractivity contribution in [3.05, 3.63) is 21.9 Å². The van der Waals surface area contributed by atoms with Crippen LogP contribution in [0.2, 0.25) is 0 Å². The summed E-state index contributed by atoms with van der Waals surface area (Å²) in [5, 5.41) is 2.20. The van der Waals surface area contributed by atoms with E-state index in [0.717, 1.165) is 19.7 Å². The fourth-order valence-corrected chi connectivity index (χ4v) is 3.20. The number of thiophene rings is 1. The standard InChI is InChI=1S/C12H20N2OS.ClH/c1-10-11-3-9-16-12(11)2-5-14(10)6-8-15-7-4-13;/h3,9-10H,2,4-8,13H2,1H3;1H. The molecule has 1 atom stereocenters. The normalized spacial score (nSPS) is 19.8. The summed E-state index contributed by atoms with van der Waals surface area (Å²) in [7, 11) is 0. The van der Waals surface area contributed by atoms with Crippen LogP contribution in [-0.2, 0) is 11.2 Å². The van der Waals surface area contributed by atoms with Crippen molar-refractivity contribution in [3.8, 4) is 0 Å². The molecule has 1 aliphatic heterocycles. The molecule has 1 unspecified atom stereocenters. The minimum absolute atomic E-state index is 0. The van der Waals surface area contributed by atoms with Crippen LogP contribution in [0.15, 0.2) is 11.4 Å². The van der Waals surface area contributed by atoms with Crippen LogP contribution < -0.4 is 5.73 Å². The zero-order valence-electron chi connectivity index (χ0n) is 10.2. The lowest BCUT2D eigenvalue weighted by Crippen LogP contribution is -2.35. The zero-order valence-corrected chi connectivity index (χ0v) is 11.9. The number of hydrogen-bond acceptors (Lipinski definition) is 4. The highest BCUT2D eigenvalue weighted by Crippen LogP contribution is 2.32. The fourth-order valence-electron chi connectivity index (χ4n) is 2.23. The van der Waals surface area contributed by atoms with E-state index in [1.807, 2.05) is 11.3 Å². The molecule has 0 radical (unpaired) electrons. The number of nitrogens with two attached hydrogens (primary N) is 1. The molecule has 17 heavy (non-hydrogen) atoms.